The molecule has 8 nitrogen and oxygen atoms in total. The Morgan fingerprint density at radius 1 is 1.28 bits per heavy atom. The van der Waals surface area contributed by atoms with E-state index in [-0.39, 0.29) is 17.9 Å². The molecule has 4 heterocycles. The Kier molecular flexibility index (Phi) is 6.68. The second-order valence-corrected chi connectivity index (χ2v) is 10.5. The van der Waals surface area contributed by atoms with Crippen molar-refractivity contribution in [3.8, 4) is 11.5 Å². The summed E-state index contributed by atoms with van der Waals surface area (Å²) < 4.78 is 18.3. The van der Waals surface area contributed by atoms with Crippen LogP contribution in [0.2, 0.25) is 0 Å². The van der Waals surface area contributed by atoms with E-state index < -0.39 is 0 Å². The van der Waals surface area contributed by atoms with E-state index in [1.807, 2.05) is 23.1 Å². The van der Waals surface area contributed by atoms with Crippen LogP contribution in [0.4, 0.5) is 0 Å². The predicted molar refractivity (Wildman–Crippen MR) is 139 cm³/mol. The van der Waals surface area contributed by atoms with Gasteiger partial charge in [-0.1, -0.05) is 13.8 Å². The van der Waals surface area contributed by atoms with Gasteiger partial charge in [0.05, 0.1) is 26.8 Å². The molecule has 0 aliphatic carbocycles. The van der Waals surface area contributed by atoms with E-state index >= 15 is 0 Å². The van der Waals surface area contributed by atoms with Gasteiger partial charge in [-0.25, -0.2) is 0 Å². The molecule has 0 bridgehead atoms. The molecule has 188 valence electrons. The topological polar surface area (TPSA) is 93.9 Å². The number of methoxy groups -OCH3 is 1. The largest absolute Gasteiger partial charge is 0.460 e. The molecule has 1 N–H and O–H groups in total. The molecule has 4 aromatic rings. The molecule has 1 atom stereocenters. The Bertz CT molecular complexity index is 1440. The molecule has 0 saturated carbocycles. The van der Waals surface area contributed by atoms with Gasteiger partial charge < -0.3 is 24.1 Å². The number of aryl methyl sites for hydroxylation is 1. The van der Waals surface area contributed by atoms with E-state index in [1.54, 1.807) is 32.4 Å². The third-order valence-electron chi connectivity index (χ3n) is 6.32. The van der Waals surface area contributed by atoms with Gasteiger partial charge in [-0.05, 0) is 37.5 Å². The second kappa shape index (κ2) is 9.91. The quantitative estimate of drug-likeness (QED) is 0.360. The Hall–Kier alpha value is -3.43. The SMILES string of the molecule is CO[C@@H]1CCN(C(=O)c2cc3nccc(Oc4ccc5c(C(=O)NCC(C)C)c(C)oc5c4)c3s2)C1. The molecule has 36 heavy (non-hydrogen) atoms. The van der Waals surface area contributed by atoms with Gasteiger partial charge in [0.25, 0.3) is 11.8 Å². The maximum Gasteiger partial charge on any atom is 0.264 e. The van der Waals surface area contributed by atoms with Gasteiger partial charge in [0.15, 0.2) is 0 Å². The van der Waals surface area contributed by atoms with Crippen LogP contribution in [0.15, 0.2) is 40.9 Å². The van der Waals surface area contributed by atoms with Crippen molar-refractivity contribution < 1.29 is 23.5 Å². The highest BCUT2D eigenvalue weighted by atomic mass is 32.1. The first-order valence-electron chi connectivity index (χ1n) is 12.0. The fraction of sp³-hybridized carbons (Fsp3) is 0.370. The minimum Gasteiger partial charge on any atom is -0.460 e. The molecular formula is C27H29N3O5S. The normalized spacial score (nSPS) is 15.8. The van der Waals surface area contributed by atoms with Crippen LogP contribution in [0.1, 0.15) is 46.1 Å². The van der Waals surface area contributed by atoms with Crippen LogP contribution in [-0.4, -0.2) is 54.5 Å². The molecule has 3 aromatic heterocycles. The van der Waals surface area contributed by atoms with Crippen molar-refractivity contribution in [1.29, 1.82) is 0 Å². The van der Waals surface area contributed by atoms with E-state index in [0.717, 1.165) is 16.5 Å². The lowest BCUT2D eigenvalue weighted by Gasteiger charge is -2.14. The zero-order valence-electron chi connectivity index (χ0n) is 20.8. The van der Waals surface area contributed by atoms with Crippen molar-refractivity contribution in [1.82, 2.24) is 15.2 Å². The predicted octanol–water partition coefficient (Wildman–Crippen LogP) is 5.39. The molecule has 1 fully saturated rings. The van der Waals surface area contributed by atoms with Gasteiger partial charge in [-0.2, -0.15) is 0 Å². The summed E-state index contributed by atoms with van der Waals surface area (Å²) in [6.07, 6.45) is 2.60. The number of pyridine rings is 1. The van der Waals surface area contributed by atoms with E-state index in [1.165, 1.54) is 11.3 Å². The lowest BCUT2D eigenvalue weighted by atomic mass is 10.1. The van der Waals surface area contributed by atoms with Crippen molar-refractivity contribution in [3.63, 3.8) is 0 Å². The van der Waals surface area contributed by atoms with Gasteiger partial charge in [0.2, 0.25) is 0 Å². The van der Waals surface area contributed by atoms with Crippen molar-refractivity contribution in [3.05, 3.63) is 52.7 Å². The first-order chi connectivity index (χ1) is 17.3. The van der Waals surface area contributed by atoms with E-state index in [9.17, 15) is 9.59 Å². The zero-order valence-corrected chi connectivity index (χ0v) is 21.6. The molecule has 9 heteroatoms. The van der Waals surface area contributed by atoms with E-state index in [0.29, 0.717) is 64.4 Å². The average molecular weight is 508 g/mol. The molecule has 1 saturated heterocycles. The van der Waals surface area contributed by atoms with Crippen LogP contribution in [0.5, 0.6) is 11.5 Å². The molecule has 1 aromatic carbocycles. The Balaban J connectivity index is 1.39. The number of carbonyl (C=O) groups excluding carboxylic acids is 2. The van der Waals surface area contributed by atoms with Crippen molar-refractivity contribution in [2.75, 3.05) is 26.7 Å². The number of benzene rings is 1. The lowest BCUT2D eigenvalue weighted by Crippen LogP contribution is -2.29. The summed E-state index contributed by atoms with van der Waals surface area (Å²) in [6.45, 7) is 7.77. The number of furan rings is 1. The van der Waals surface area contributed by atoms with E-state index in [4.69, 9.17) is 13.9 Å². The fourth-order valence-electron chi connectivity index (χ4n) is 4.42. The highest BCUT2D eigenvalue weighted by Gasteiger charge is 2.28. The number of nitrogens with one attached hydrogen (secondary N) is 1. The van der Waals surface area contributed by atoms with Crippen LogP contribution in [-0.2, 0) is 4.74 Å². The first-order valence-corrected chi connectivity index (χ1v) is 12.9. The number of carbonyl (C=O) groups is 2. The number of rotatable bonds is 7. The zero-order chi connectivity index (χ0) is 25.4. The summed E-state index contributed by atoms with van der Waals surface area (Å²) in [7, 11) is 1.68. The first kappa shape index (κ1) is 24.3. The smallest absolute Gasteiger partial charge is 0.264 e. The summed E-state index contributed by atoms with van der Waals surface area (Å²) in [4.78, 5) is 32.6. The summed E-state index contributed by atoms with van der Waals surface area (Å²) in [5, 5.41) is 3.70. The van der Waals surface area contributed by atoms with Crippen LogP contribution in [0, 0.1) is 12.8 Å². The molecule has 5 rings (SSSR count). The number of nitrogens with zero attached hydrogens (tertiary/aromatic N) is 2. The Morgan fingerprint density at radius 3 is 2.86 bits per heavy atom. The van der Waals surface area contributed by atoms with Gasteiger partial charge >= 0.3 is 0 Å². The number of aromatic nitrogens is 1. The Morgan fingerprint density at radius 2 is 2.11 bits per heavy atom. The summed E-state index contributed by atoms with van der Waals surface area (Å²) in [5.41, 5.74) is 1.83. The van der Waals surface area contributed by atoms with Crippen molar-refractivity contribution >= 4 is 44.3 Å². The van der Waals surface area contributed by atoms with Crippen molar-refractivity contribution in [2.24, 2.45) is 5.92 Å². The number of fused-ring (bicyclic) bond motifs is 2. The molecule has 0 unspecified atom stereocenters. The number of thiophene rings is 1. The van der Waals surface area contributed by atoms with Gasteiger partial charge in [-0.15, -0.1) is 11.3 Å². The standard InChI is InChI=1S/C27H29N3O5S/c1-15(2)13-29-26(31)24-16(3)34-22-11-17(5-6-19(22)24)35-21-7-9-28-20-12-23(36-25(20)21)27(32)30-10-8-18(14-30)33-4/h5-7,9,11-12,15,18H,8,10,13-14H2,1-4H3,(H,29,31)/t18-/m1/s1. The molecule has 0 spiro atoms. The highest BCUT2D eigenvalue weighted by molar-refractivity contribution is 7.21. The van der Waals surface area contributed by atoms with Crippen LogP contribution in [0.3, 0.4) is 0 Å². The minimum atomic E-state index is -0.143. The summed E-state index contributed by atoms with van der Waals surface area (Å²) in [6, 6.07) is 9.04. The van der Waals surface area contributed by atoms with Gasteiger partial charge in [0.1, 0.15) is 22.8 Å². The molecule has 0 radical (unpaired) electrons. The third-order valence-corrected chi connectivity index (χ3v) is 7.44. The molecule has 1 aliphatic rings. The maximum absolute atomic E-state index is 13.0. The monoisotopic (exact) mass is 507 g/mol. The fourth-order valence-corrected chi connectivity index (χ4v) is 5.45. The van der Waals surface area contributed by atoms with Crippen LogP contribution in [0.25, 0.3) is 21.2 Å². The van der Waals surface area contributed by atoms with Crippen LogP contribution >= 0.6 is 11.3 Å². The van der Waals surface area contributed by atoms with Crippen molar-refractivity contribution in [2.45, 2.75) is 33.3 Å². The summed E-state index contributed by atoms with van der Waals surface area (Å²) in [5.74, 6) is 1.94. The molecular weight excluding hydrogens is 478 g/mol. The van der Waals surface area contributed by atoms with Crippen LogP contribution < -0.4 is 10.1 Å². The minimum absolute atomic E-state index is 0.0146. The molecule has 2 amide bonds. The number of ether oxygens (including phenoxy) is 2. The average Bonchev–Trinajstić information content (AvgIpc) is 3.58. The number of amides is 2. The number of hydrogen-bond acceptors (Lipinski definition) is 7. The highest BCUT2D eigenvalue weighted by Crippen LogP contribution is 2.37. The Labute approximate surface area is 213 Å². The van der Waals surface area contributed by atoms with Gasteiger partial charge in [0, 0.05) is 50.5 Å². The van der Waals surface area contributed by atoms with E-state index in [2.05, 4.69) is 24.1 Å². The third kappa shape index (κ3) is 4.68. The molecule has 1 aliphatic heterocycles. The summed E-state index contributed by atoms with van der Waals surface area (Å²) >= 11 is 1.37. The number of likely N-dealkylation sites (tertiary alicyclic amines) is 1. The second-order valence-electron chi connectivity index (χ2n) is 9.43. The van der Waals surface area contributed by atoms with Gasteiger partial charge in [-0.3, -0.25) is 14.6 Å². The maximum atomic E-state index is 13.0. The lowest BCUT2D eigenvalue weighted by molar-refractivity contribution is 0.0728. The number of hydrogen-bond donors (Lipinski definition) is 1.